The van der Waals surface area contributed by atoms with Crippen molar-refractivity contribution in [2.24, 2.45) is 17.6 Å². The minimum absolute atomic E-state index is 0.00381. The van der Waals surface area contributed by atoms with Crippen molar-refractivity contribution in [3.8, 4) is 0 Å². The van der Waals surface area contributed by atoms with Gasteiger partial charge in [-0.05, 0) is 57.7 Å². The third kappa shape index (κ3) is 4.94. The van der Waals surface area contributed by atoms with Crippen LogP contribution >= 0.6 is 0 Å². The fourth-order valence-corrected chi connectivity index (χ4v) is 2.37. The van der Waals surface area contributed by atoms with E-state index < -0.39 is 0 Å². The highest BCUT2D eigenvalue weighted by Crippen LogP contribution is 2.17. The van der Waals surface area contributed by atoms with Gasteiger partial charge in [-0.15, -0.1) is 0 Å². The molecule has 0 aromatic rings. The van der Waals surface area contributed by atoms with Crippen LogP contribution < -0.4 is 11.1 Å². The summed E-state index contributed by atoms with van der Waals surface area (Å²) in [5.41, 5.74) is 5.68. The molecule has 3 N–H and O–H groups in total. The van der Waals surface area contributed by atoms with E-state index in [9.17, 15) is 4.79 Å². The fourth-order valence-electron chi connectivity index (χ4n) is 2.37. The van der Waals surface area contributed by atoms with Gasteiger partial charge in [0.2, 0.25) is 5.91 Å². The van der Waals surface area contributed by atoms with Crippen LogP contribution in [-0.2, 0) is 4.79 Å². The van der Waals surface area contributed by atoms with Crippen molar-refractivity contribution in [3.63, 3.8) is 0 Å². The number of likely N-dealkylation sites (tertiary alicyclic amines) is 1. The van der Waals surface area contributed by atoms with Crippen LogP contribution in [0.5, 0.6) is 0 Å². The van der Waals surface area contributed by atoms with Gasteiger partial charge >= 0.3 is 0 Å². The molecule has 1 aliphatic rings. The highest BCUT2D eigenvalue weighted by molar-refractivity contribution is 5.81. The number of carbonyl (C=O) groups is 1. The predicted molar refractivity (Wildman–Crippen MR) is 75.3 cm³/mol. The summed E-state index contributed by atoms with van der Waals surface area (Å²) in [4.78, 5) is 14.3. The van der Waals surface area contributed by atoms with Crippen molar-refractivity contribution in [1.82, 2.24) is 10.2 Å². The van der Waals surface area contributed by atoms with E-state index in [-0.39, 0.29) is 11.9 Å². The average Bonchev–Trinajstić information content (AvgIpc) is 2.37. The van der Waals surface area contributed by atoms with Crippen LogP contribution in [0.2, 0.25) is 0 Å². The second kappa shape index (κ2) is 7.74. The molecule has 0 bridgehead atoms. The first-order valence-electron chi connectivity index (χ1n) is 7.26. The number of amides is 1. The van der Waals surface area contributed by atoms with Crippen LogP contribution in [0.3, 0.4) is 0 Å². The maximum Gasteiger partial charge on any atom is 0.237 e. The zero-order valence-electron chi connectivity index (χ0n) is 12.1. The third-order valence-electron chi connectivity index (χ3n) is 3.93. The summed E-state index contributed by atoms with van der Waals surface area (Å²) in [5.74, 6) is 1.46. The Morgan fingerprint density at radius 1 is 1.33 bits per heavy atom. The SMILES string of the molecule is CC(C)CCNC(=O)C(C)N1CCC(CN)CC1. The summed E-state index contributed by atoms with van der Waals surface area (Å²) < 4.78 is 0. The Bertz CT molecular complexity index is 247. The quantitative estimate of drug-likeness (QED) is 0.750. The smallest absolute Gasteiger partial charge is 0.237 e. The predicted octanol–water partition coefficient (Wildman–Crippen LogP) is 1.21. The zero-order valence-corrected chi connectivity index (χ0v) is 12.1. The normalized spacial score (nSPS) is 20.1. The van der Waals surface area contributed by atoms with Crippen molar-refractivity contribution < 1.29 is 4.79 Å². The van der Waals surface area contributed by atoms with Gasteiger partial charge in [0.25, 0.3) is 0 Å². The van der Waals surface area contributed by atoms with Crippen LogP contribution in [0.25, 0.3) is 0 Å². The van der Waals surface area contributed by atoms with Gasteiger partial charge in [-0.25, -0.2) is 0 Å². The topological polar surface area (TPSA) is 58.4 Å². The molecule has 1 unspecified atom stereocenters. The number of hydrogen-bond acceptors (Lipinski definition) is 3. The highest BCUT2D eigenvalue weighted by atomic mass is 16.2. The van der Waals surface area contributed by atoms with Crippen LogP contribution in [0, 0.1) is 11.8 Å². The minimum atomic E-state index is -0.00381. The van der Waals surface area contributed by atoms with Gasteiger partial charge in [-0.1, -0.05) is 13.8 Å². The van der Waals surface area contributed by atoms with Gasteiger partial charge < -0.3 is 11.1 Å². The highest BCUT2D eigenvalue weighted by Gasteiger charge is 2.25. The maximum atomic E-state index is 12.0. The Morgan fingerprint density at radius 3 is 2.44 bits per heavy atom. The first-order chi connectivity index (χ1) is 8.54. The van der Waals surface area contributed by atoms with Gasteiger partial charge in [0.15, 0.2) is 0 Å². The lowest BCUT2D eigenvalue weighted by Crippen LogP contribution is -2.49. The van der Waals surface area contributed by atoms with Crippen LogP contribution in [0.1, 0.15) is 40.0 Å². The van der Waals surface area contributed by atoms with Crippen molar-refractivity contribution in [2.45, 2.75) is 46.1 Å². The van der Waals surface area contributed by atoms with E-state index in [0.717, 1.165) is 45.4 Å². The molecule has 0 spiro atoms. The van der Waals surface area contributed by atoms with Crippen molar-refractivity contribution >= 4 is 5.91 Å². The monoisotopic (exact) mass is 255 g/mol. The van der Waals surface area contributed by atoms with Gasteiger partial charge in [0.05, 0.1) is 6.04 Å². The molecule has 18 heavy (non-hydrogen) atoms. The summed E-state index contributed by atoms with van der Waals surface area (Å²) in [6.07, 6.45) is 3.30. The number of piperidine rings is 1. The molecule has 1 heterocycles. The molecule has 0 radical (unpaired) electrons. The van der Waals surface area contributed by atoms with Crippen LogP contribution in [0.4, 0.5) is 0 Å². The lowest BCUT2D eigenvalue weighted by molar-refractivity contribution is -0.126. The fraction of sp³-hybridized carbons (Fsp3) is 0.929. The molecule has 1 rings (SSSR count). The van der Waals surface area contributed by atoms with Crippen LogP contribution in [-0.4, -0.2) is 43.0 Å². The molecule has 1 aliphatic heterocycles. The van der Waals surface area contributed by atoms with E-state index in [1.54, 1.807) is 0 Å². The Morgan fingerprint density at radius 2 is 1.94 bits per heavy atom. The van der Waals surface area contributed by atoms with Gasteiger partial charge in [0, 0.05) is 6.54 Å². The molecule has 0 saturated carbocycles. The molecule has 0 aromatic heterocycles. The number of carbonyl (C=O) groups excluding carboxylic acids is 1. The molecular weight excluding hydrogens is 226 g/mol. The van der Waals surface area contributed by atoms with E-state index in [1.807, 2.05) is 6.92 Å². The van der Waals surface area contributed by atoms with E-state index in [1.165, 1.54) is 0 Å². The number of rotatable bonds is 6. The summed E-state index contributed by atoms with van der Waals surface area (Å²) in [5, 5.41) is 3.03. The molecule has 106 valence electrons. The van der Waals surface area contributed by atoms with Crippen LogP contribution in [0.15, 0.2) is 0 Å². The number of nitrogens with one attached hydrogen (secondary N) is 1. The maximum absolute atomic E-state index is 12.0. The molecule has 1 fully saturated rings. The van der Waals surface area contributed by atoms with Gasteiger partial charge in [-0.2, -0.15) is 0 Å². The molecule has 1 amide bonds. The Hall–Kier alpha value is -0.610. The Balaban J connectivity index is 2.26. The standard InChI is InChI=1S/C14H29N3O/c1-11(2)4-7-16-14(18)12(3)17-8-5-13(10-15)6-9-17/h11-13H,4-10,15H2,1-3H3,(H,16,18). The summed E-state index contributed by atoms with van der Waals surface area (Å²) in [7, 11) is 0. The summed E-state index contributed by atoms with van der Waals surface area (Å²) in [6, 6.07) is -0.00381. The Labute approximate surface area is 111 Å². The van der Waals surface area contributed by atoms with Crippen molar-refractivity contribution in [3.05, 3.63) is 0 Å². The van der Waals surface area contributed by atoms with E-state index in [0.29, 0.717) is 11.8 Å². The minimum Gasteiger partial charge on any atom is -0.355 e. The first kappa shape index (κ1) is 15.4. The lowest BCUT2D eigenvalue weighted by Gasteiger charge is -2.34. The molecule has 0 aromatic carbocycles. The van der Waals surface area contributed by atoms with Gasteiger partial charge in [-0.3, -0.25) is 9.69 Å². The lowest BCUT2D eigenvalue weighted by atomic mass is 9.96. The summed E-state index contributed by atoms with van der Waals surface area (Å²) in [6.45, 7) is 9.93. The number of nitrogens with two attached hydrogens (primary N) is 1. The van der Waals surface area contributed by atoms with Crippen molar-refractivity contribution in [1.29, 1.82) is 0 Å². The first-order valence-corrected chi connectivity index (χ1v) is 7.26. The third-order valence-corrected chi connectivity index (χ3v) is 3.93. The summed E-state index contributed by atoms with van der Waals surface area (Å²) >= 11 is 0. The molecule has 1 atom stereocenters. The second-order valence-corrected chi connectivity index (χ2v) is 5.86. The Kier molecular flexibility index (Phi) is 6.65. The number of nitrogens with zero attached hydrogens (tertiary/aromatic N) is 1. The second-order valence-electron chi connectivity index (χ2n) is 5.86. The number of hydrogen-bond donors (Lipinski definition) is 2. The molecule has 0 aliphatic carbocycles. The van der Waals surface area contributed by atoms with E-state index >= 15 is 0 Å². The van der Waals surface area contributed by atoms with Crippen molar-refractivity contribution in [2.75, 3.05) is 26.2 Å². The van der Waals surface area contributed by atoms with E-state index in [4.69, 9.17) is 5.73 Å². The molecule has 4 heteroatoms. The molecule has 4 nitrogen and oxygen atoms in total. The van der Waals surface area contributed by atoms with E-state index in [2.05, 4.69) is 24.1 Å². The van der Waals surface area contributed by atoms with Gasteiger partial charge in [0.1, 0.15) is 0 Å². The average molecular weight is 255 g/mol. The zero-order chi connectivity index (χ0) is 13.5. The molecule has 1 saturated heterocycles. The molecular formula is C14H29N3O. The largest absolute Gasteiger partial charge is 0.355 e.